The molecule has 0 bridgehead atoms. The molecule has 24 heavy (non-hydrogen) atoms. The SMILES string of the molecule is O=C(NCCc1ccccc1)c1cnc(NCc2ccco2)nc1. The first-order valence-corrected chi connectivity index (χ1v) is 7.72. The molecule has 2 heterocycles. The molecule has 0 spiro atoms. The molecule has 122 valence electrons. The van der Waals surface area contributed by atoms with Crippen molar-refractivity contribution < 1.29 is 9.21 Å². The van der Waals surface area contributed by atoms with E-state index in [9.17, 15) is 4.79 Å². The molecule has 3 aromatic rings. The normalized spacial score (nSPS) is 10.3. The molecule has 2 aromatic heterocycles. The summed E-state index contributed by atoms with van der Waals surface area (Å²) in [7, 11) is 0. The van der Waals surface area contributed by atoms with Gasteiger partial charge in [-0.3, -0.25) is 4.79 Å². The number of nitrogens with one attached hydrogen (secondary N) is 2. The summed E-state index contributed by atoms with van der Waals surface area (Å²) in [6, 6.07) is 13.7. The first-order chi connectivity index (χ1) is 11.8. The second-order valence-corrected chi connectivity index (χ2v) is 5.22. The van der Waals surface area contributed by atoms with Crippen LogP contribution in [0.3, 0.4) is 0 Å². The number of benzene rings is 1. The lowest BCUT2D eigenvalue weighted by molar-refractivity contribution is 0.0953. The molecule has 1 aromatic carbocycles. The number of hydrogen-bond acceptors (Lipinski definition) is 5. The average molecular weight is 322 g/mol. The molecule has 0 radical (unpaired) electrons. The quantitative estimate of drug-likeness (QED) is 0.699. The predicted octanol–water partition coefficient (Wildman–Crippen LogP) is 2.65. The van der Waals surface area contributed by atoms with Gasteiger partial charge in [0.25, 0.3) is 5.91 Å². The Morgan fingerprint density at radius 2 is 1.83 bits per heavy atom. The Labute approximate surface area is 140 Å². The monoisotopic (exact) mass is 322 g/mol. The summed E-state index contributed by atoms with van der Waals surface area (Å²) in [6.07, 6.45) is 5.42. The Balaban J connectivity index is 1.46. The average Bonchev–Trinajstić information content (AvgIpc) is 3.15. The van der Waals surface area contributed by atoms with Crippen LogP contribution in [0.2, 0.25) is 0 Å². The highest BCUT2D eigenvalue weighted by atomic mass is 16.3. The number of amides is 1. The highest BCUT2D eigenvalue weighted by Crippen LogP contribution is 2.05. The number of anilines is 1. The van der Waals surface area contributed by atoms with Crippen LogP contribution in [-0.4, -0.2) is 22.4 Å². The molecule has 3 rings (SSSR count). The maximum atomic E-state index is 12.1. The van der Waals surface area contributed by atoms with Crippen LogP contribution < -0.4 is 10.6 Å². The minimum atomic E-state index is -0.177. The number of aromatic nitrogens is 2. The molecule has 0 aliphatic heterocycles. The minimum Gasteiger partial charge on any atom is -0.467 e. The highest BCUT2D eigenvalue weighted by Gasteiger charge is 2.07. The molecular weight excluding hydrogens is 304 g/mol. The van der Waals surface area contributed by atoms with Crippen molar-refractivity contribution in [1.82, 2.24) is 15.3 Å². The lowest BCUT2D eigenvalue weighted by Crippen LogP contribution is -2.26. The summed E-state index contributed by atoms with van der Waals surface area (Å²) in [6.45, 7) is 1.07. The first kappa shape index (κ1) is 15.7. The zero-order valence-electron chi connectivity index (χ0n) is 13.1. The van der Waals surface area contributed by atoms with Crippen LogP contribution in [0.1, 0.15) is 21.7 Å². The fourth-order valence-electron chi connectivity index (χ4n) is 2.18. The van der Waals surface area contributed by atoms with Crippen LogP contribution in [0.4, 0.5) is 5.95 Å². The van der Waals surface area contributed by atoms with E-state index in [1.807, 2.05) is 42.5 Å². The lowest BCUT2D eigenvalue weighted by Gasteiger charge is -2.06. The summed E-state index contributed by atoms with van der Waals surface area (Å²) in [4.78, 5) is 20.3. The maximum Gasteiger partial charge on any atom is 0.254 e. The molecule has 0 aliphatic carbocycles. The van der Waals surface area contributed by atoms with Gasteiger partial charge in [0.15, 0.2) is 0 Å². The molecule has 0 saturated carbocycles. The van der Waals surface area contributed by atoms with Crippen LogP contribution in [0.5, 0.6) is 0 Å². The zero-order valence-corrected chi connectivity index (χ0v) is 13.1. The van der Waals surface area contributed by atoms with Crippen LogP contribution >= 0.6 is 0 Å². The Kier molecular flexibility index (Phi) is 5.19. The van der Waals surface area contributed by atoms with E-state index in [1.165, 1.54) is 18.0 Å². The number of nitrogens with zero attached hydrogens (tertiary/aromatic N) is 2. The van der Waals surface area contributed by atoms with E-state index in [2.05, 4.69) is 20.6 Å². The Bertz CT molecular complexity index is 755. The van der Waals surface area contributed by atoms with Crippen molar-refractivity contribution in [3.63, 3.8) is 0 Å². The second-order valence-electron chi connectivity index (χ2n) is 5.22. The Morgan fingerprint density at radius 3 is 2.54 bits per heavy atom. The van der Waals surface area contributed by atoms with E-state index >= 15 is 0 Å². The van der Waals surface area contributed by atoms with Crippen molar-refractivity contribution in [2.24, 2.45) is 0 Å². The number of hydrogen-bond donors (Lipinski definition) is 2. The summed E-state index contributed by atoms with van der Waals surface area (Å²) >= 11 is 0. The van der Waals surface area contributed by atoms with E-state index in [1.54, 1.807) is 6.26 Å². The van der Waals surface area contributed by atoms with Crippen molar-refractivity contribution in [1.29, 1.82) is 0 Å². The number of carbonyl (C=O) groups excluding carboxylic acids is 1. The fraction of sp³-hybridized carbons (Fsp3) is 0.167. The van der Waals surface area contributed by atoms with Gasteiger partial charge in [-0.2, -0.15) is 0 Å². The van der Waals surface area contributed by atoms with E-state index in [0.717, 1.165) is 12.2 Å². The van der Waals surface area contributed by atoms with Crippen LogP contribution in [-0.2, 0) is 13.0 Å². The number of rotatable bonds is 7. The Morgan fingerprint density at radius 1 is 1.04 bits per heavy atom. The van der Waals surface area contributed by atoms with Gasteiger partial charge >= 0.3 is 0 Å². The molecule has 6 nitrogen and oxygen atoms in total. The highest BCUT2D eigenvalue weighted by molar-refractivity contribution is 5.93. The second kappa shape index (κ2) is 7.92. The molecule has 0 fully saturated rings. The van der Waals surface area contributed by atoms with Gasteiger partial charge in [0.2, 0.25) is 5.95 Å². The van der Waals surface area contributed by atoms with E-state index in [0.29, 0.717) is 24.6 Å². The minimum absolute atomic E-state index is 0.177. The van der Waals surface area contributed by atoms with Gasteiger partial charge in [0.1, 0.15) is 5.76 Å². The zero-order chi connectivity index (χ0) is 16.6. The Hall–Kier alpha value is -3.15. The molecule has 1 amide bonds. The van der Waals surface area contributed by atoms with Crippen molar-refractivity contribution in [2.75, 3.05) is 11.9 Å². The molecule has 0 saturated heterocycles. The third-order valence-electron chi connectivity index (χ3n) is 3.46. The first-order valence-electron chi connectivity index (χ1n) is 7.72. The van der Waals surface area contributed by atoms with Crippen molar-refractivity contribution in [3.05, 3.63) is 78.0 Å². The van der Waals surface area contributed by atoms with E-state index in [-0.39, 0.29) is 5.91 Å². The van der Waals surface area contributed by atoms with Crippen molar-refractivity contribution in [3.8, 4) is 0 Å². The predicted molar refractivity (Wildman–Crippen MR) is 90.5 cm³/mol. The van der Waals surface area contributed by atoms with Gasteiger partial charge in [0.05, 0.1) is 18.4 Å². The summed E-state index contributed by atoms with van der Waals surface area (Å²) in [5, 5.41) is 5.90. The van der Waals surface area contributed by atoms with Gasteiger partial charge in [-0.05, 0) is 24.1 Å². The summed E-state index contributed by atoms with van der Waals surface area (Å²) < 4.78 is 5.22. The van der Waals surface area contributed by atoms with Crippen LogP contribution in [0.25, 0.3) is 0 Å². The van der Waals surface area contributed by atoms with Gasteiger partial charge in [-0.15, -0.1) is 0 Å². The molecule has 2 N–H and O–H groups in total. The van der Waals surface area contributed by atoms with E-state index in [4.69, 9.17) is 4.42 Å². The van der Waals surface area contributed by atoms with E-state index < -0.39 is 0 Å². The number of carbonyl (C=O) groups is 1. The van der Waals surface area contributed by atoms with Gasteiger partial charge < -0.3 is 15.1 Å². The van der Waals surface area contributed by atoms with Gasteiger partial charge in [-0.25, -0.2) is 9.97 Å². The molecule has 0 atom stereocenters. The standard InChI is InChI=1S/C18H18N4O2/c23-17(19-9-8-14-5-2-1-3-6-14)15-11-20-18(21-12-15)22-13-16-7-4-10-24-16/h1-7,10-12H,8-9,13H2,(H,19,23)(H,20,21,22). The molecule has 0 aliphatic rings. The van der Waals surface area contributed by atoms with Crippen molar-refractivity contribution >= 4 is 11.9 Å². The third kappa shape index (κ3) is 4.42. The maximum absolute atomic E-state index is 12.1. The molecular formula is C18H18N4O2. The molecule has 6 heteroatoms. The van der Waals surface area contributed by atoms with Crippen molar-refractivity contribution in [2.45, 2.75) is 13.0 Å². The third-order valence-corrected chi connectivity index (χ3v) is 3.46. The topological polar surface area (TPSA) is 80.0 Å². The summed E-state index contributed by atoms with van der Waals surface area (Å²) in [5.74, 6) is 1.07. The smallest absolute Gasteiger partial charge is 0.254 e. The fourth-order valence-corrected chi connectivity index (χ4v) is 2.18. The molecule has 0 unspecified atom stereocenters. The van der Waals surface area contributed by atoms with Crippen LogP contribution in [0, 0.1) is 0 Å². The summed E-state index contributed by atoms with van der Waals surface area (Å²) in [5.41, 5.74) is 1.62. The van der Waals surface area contributed by atoms with Crippen LogP contribution in [0.15, 0.2) is 65.5 Å². The van der Waals surface area contributed by atoms with Gasteiger partial charge in [-0.1, -0.05) is 30.3 Å². The number of furan rings is 1. The van der Waals surface area contributed by atoms with Gasteiger partial charge in [0, 0.05) is 18.9 Å². The largest absolute Gasteiger partial charge is 0.467 e. The lowest BCUT2D eigenvalue weighted by atomic mass is 10.1.